The second-order valence-corrected chi connectivity index (χ2v) is 8.08. The summed E-state index contributed by atoms with van der Waals surface area (Å²) in [7, 11) is 0. The monoisotopic (exact) mass is 474 g/mol. The second-order valence-electron chi connectivity index (χ2n) is 7.23. The second kappa shape index (κ2) is 11.1. The maximum Gasteiger partial charge on any atom is 0.255 e. The molecule has 1 unspecified atom stereocenters. The normalized spacial score (nSPS) is 15.6. The quantitative estimate of drug-likeness (QED) is 0.512. The Bertz CT molecular complexity index is 881. The van der Waals surface area contributed by atoms with E-state index in [9.17, 15) is 9.59 Å². The van der Waals surface area contributed by atoms with Gasteiger partial charge in [-0.2, -0.15) is 0 Å². The van der Waals surface area contributed by atoms with Gasteiger partial charge in [-0.3, -0.25) is 9.59 Å². The van der Waals surface area contributed by atoms with E-state index < -0.39 is 0 Å². The lowest BCUT2D eigenvalue weighted by atomic mass is 10.1. The molecule has 30 heavy (non-hydrogen) atoms. The third-order valence-electron chi connectivity index (χ3n) is 4.85. The van der Waals surface area contributed by atoms with Gasteiger partial charge in [0.25, 0.3) is 11.8 Å². The molecule has 7 heteroatoms. The summed E-state index contributed by atoms with van der Waals surface area (Å²) in [5, 5.41) is 5.74. The first-order valence-corrected chi connectivity index (χ1v) is 11.1. The number of benzene rings is 2. The molecular formula is C23H27BrN2O4. The van der Waals surface area contributed by atoms with Crippen LogP contribution >= 0.6 is 15.9 Å². The van der Waals surface area contributed by atoms with Crippen molar-refractivity contribution in [3.63, 3.8) is 0 Å². The Morgan fingerprint density at radius 1 is 1.17 bits per heavy atom. The van der Waals surface area contributed by atoms with E-state index in [0.717, 1.165) is 36.8 Å². The van der Waals surface area contributed by atoms with Gasteiger partial charge in [-0.1, -0.05) is 19.4 Å². The van der Waals surface area contributed by atoms with Crippen molar-refractivity contribution in [3.8, 4) is 5.75 Å². The van der Waals surface area contributed by atoms with Crippen LogP contribution in [-0.2, 0) is 4.74 Å². The highest BCUT2D eigenvalue weighted by Crippen LogP contribution is 2.26. The minimum atomic E-state index is -0.257. The van der Waals surface area contributed by atoms with Crippen LogP contribution in [-0.4, -0.2) is 37.7 Å². The summed E-state index contributed by atoms with van der Waals surface area (Å²) in [5.74, 6) is 0.274. The van der Waals surface area contributed by atoms with Crippen LogP contribution in [0.5, 0.6) is 5.75 Å². The number of rotatable bonds is 9. The summed E-state index contributed by atoms with van der Waals surface area (Å²) in [4.78, 5) is 25.0. The van der Waals surface area contributed by atoms with E-state index >= 15 is 0 Å². The van der Waals surface area contributed by atoms with Crippen LogP contribution in [0.4, 0.5) is 5.69 Å². The number of halogens is 1. The zero-order valence-corrected chi connectivity index (χ0v) is 18.7. The van der Waals surface area contributed by atoms with Gasteiger partial charge in [0.15, 0.2) is 0 Å². The van der Waals surface area contributed by atoms with Gasteiger partial charge < -0.3 is 20.1 Å². The third kappa shape index (κ3) is 6.31. The average molecular weight is 475 g/mol. The number of carbonyl (C=O) groups is 2. The van der Waals surface area contributed by atoms with Crippen LogP contribution in [0.2, 0.25) is 0 Å². The lowest BCUT2D eigenvalue weighted by Crippen LogP contribution is -2.31. The Morgan fingerprint density at radius 3 is 2.73 bits per heavy atom. The van der Waals surface area contributed by atoms with Crippen molar-refractivity contribution in [1.29, 1.82) is 0 Å². The fourth-order valence-corrected chi connectivity index (χ4v) is 3.63. The molecule has 1 atom stereocenters. The number of nitrogens with one attached hydrogen (secondary N) is 2. The number of unbranched alkanes of at least 4 members (excludes halogenated alkanes) is 1. The van der Waals surface area contributed by atoms with Gasteiger partial charge in [-0.25, -0.2) is 0 Å². The summed E-state index contributed by atoms with van der Waals surface area (Å²) in [6.07, 6.45) is 4.12. The highest BCUT2D eigenvalue weighted by molar-refractivity contribution is 9.10. The van der Waals surface area contributed by atoms with Crippen molar-refractivity contribution in [2.45, 2.75) is 38.7 Å². The highest BCUT2D eigenvalue weighted by atomic mass is 79.9. The molecule has 2 aromatic rings. The van der Waals surface area contributed by atoms with Crippen LogP contribution in [0.25, 0.3) is 0 Å². The first-order chi connectivity index (χ1) is 14.6. The first kappa shape index (κ1) is 22.3. The first-order valence-electron chi connectivity index (χ1n) is 10.3. The zero-order chi connectivity index (χ0) is 21.3. The largest absolute Gasteiger partial charge is 0.492 e. The molecule has 2 amide bonds. The molecule has 0 saturated carbocycles. The topological polar surface area (TPSA) is 76.7 Å². The molecule has 3 rings (SSSR count). The SMILES string of the molecule is CCCCOc1ccc(C(=O)Nc2cccc(C(=O)NCC3CCCO3)c2)cc1Br. The molecule has 1 heterocycles. The molecule has 2 aromatic carbocycles. The summed E-state index contributed by atoms with van der Waals surface area (Å²) in [6.45, 7) is 4.00. The Balaban J connectivity index is 1.59. The molecule has 0 aromatic heterocycles. The molecule has 0 radical (unpaired) electrons. The predicted octanol–water partition coefficient (Wildman–Crippen LogP) is 4.79. The zero-order valence-electron chi connectivity index (χ0n) is 17.1. The summed E-state index contributed by atoms with van der Waals surface area (Å²) < 4.78 is 12.0. The highest BCUT2D eigenvalue weighted by Gasteiger charge is 2.17. The van der Waals surface area contributed by atoms with E-state index in [1.165, 1.54) is 0 Å². The average Bonchev–Trinajstić information content (AvgIpc) is 3.27. The van der Waals surface area contributed by atoms with Crippen molar-refractivity contribution < 1.29 is 19.1 Å². The lowest BCUT2D eigenvalue weighted by molar-refractivity contribution is 0.0857. The van der Waals surface area contributed by atoms with Gasteiger partial charge in [-0.15, -0.1) is 0 Å². The molecule has 160 valence electrons. The molecule has 2 N–H and O–H groups in total. The Labute approximate surface area is 185 Å². The molecule has 0 aliphatic carbocycles. The van der Waals surface area contributed by atoms with Gasteiger partial charge in [0, 0.05) is 30.0 Å². The van der Waals surface area contributed by atoms with Crippen molar-refractivity contribution in [2.75, 3.05) is 25.1 Å². The minimum Gasteiger partial charge on any atom is -0.492 e. The van der Waals surface area contributed by atoms with Crippen molar-refractivity contribution >= 4 is 33.4 Å². The molecule has 6 nitrogen and oxygen atoms in total. The smallest absolute Gasteiger partial charge is 0.255 e. The summed E-state index contributed by atoms with van der Waals surface area (Å²) in [5.41, 5.74) is 1.55. The fourth-order valence-electron chi connectivity index (χ4n) is 3.14. The summed E-state index contributed by atoms with van der Waals surface area (Å²) in [6, 6.07) is 12.1. The fraction of sp³-hybridized carbons (Fsp3) is 0.391. The number of hydrogen-bond acceptors (Lipinski definition) is 4. The molecule has 1 saturated heterocycles. The van der Waals surface area contributed by atoms with Gasteiger partial charge in [-0.05, 0) is 71.6 Å². The Morgan fingerprint density at radius 2 is 2.00 bits per heavy atom. The van der Waals surface area contributed by atoms with Crippen LogP contribution in [0, 0.1) is 0 Å². The van der Waals surface area contributed by atoms with E-state index in [2.05, 4.69) is 33.5 Å². The maximum absolute atomic E-state index is 12.6. The Kier molecular flexibility index (Phi) is 8.28. The molecule has 0 spiro atoms. The van der Waals surface area contributed by atoms with E-state index in [1.807, 2.05) is 0 Å². The van der Waals surface area contributed by atoms with Crippen LogP contribution in [0.15, 0.2) is 46.9 Å². The number of ether oxygens (including phenoxy) is 2. The van der Waals surface area contributed by atoms with Crippen LogP contribution in [0.3, 0.4) is 0 Å². The van der Waals surface area contributed by atoms with Gasteiger partial charge >= 0.3 is 0 Å². The van der Waals surface area contributed by atoms with E-state index in [4.69, 9.17) is 9.47 Å². The number of hydrogen-bond donors (Lipinski definition) is 2. The van der Waals surface area contributed by atoms with E-state index in [1.54, 1.807) is 42.5 Å². The molecule has 0 bridgehead atoms. The van der Waals surface area contributed by atoms with E-state index in [-0.39, 0.29) is 17.9 Å². The van der Waals surface area contributed by atoms with Crippen LogP contribution in [0.1, 0.15) is 53.3 Å². The van der Waals surface area contributed by atoms with Crippen molar-refractivity contribution in [3.05, 3.63) is 58.1 Å². The minimum absolute atomic E-state index is 0.0872. The standard InChI is InChI=1S/C23H27BrN2O4/c1-2-3-11-30-21-10-9-17(14-20(21)24)23(28)26-18-7-4-6-16(13-18)22(27)25-15-19-8-5-12-29-19/h4,6-7,9-10,13-14,19H,2-3,5,8,11-12,15H2,1H3,(H,25,27)(H,26,28). The van der Waals surface area contributed by atoms with Gasteiger partial charge in [0.05, 0.1) is 17.2 Å². The van der Waals surface area contributed by atoms with Crippen molar-refractivity contribution in [2.24, 2.45) is 0 Å². The molecular weight excluding hydrogens is 448 g/mol. The number of amides is 2. The molecule has 1 fully saturated rings. The van der Waals surface area contributed by atoms with Crippen molar-refractivity contribution in [1.82, 2.24) is 5.32 Å². The molecule has 1 aliphatic heterocycles. The molecule has 1 aliphatic rings. The lowest BCUT2D eigenvalue weighted by Gasteiger charge is -2.12. The predicted molar refractivity (Wildman–Crippen MR) is 120 cm³/mol. The van der Waals surface area contributed by atoms with E-state index in [0.29, 0.717) is 35.7 Å². The van der Waals surface area contributed by atoms with Gasteiger partial charge in [0.1, 0.15) is 5.75 Å². The number of anilines is 1. The van der Waals surface area contributed by atoms with Crippen LogP contribution < -0.4 is 15.4 Å². The summed E-state index contributed by atoms with van der Waals surface area (Å²) >= 11 is 3.46. The number of carbonyl (C=O) groups excluding carboxylic acids is 2. The maximum atomic E-state index is 12.6. The van der Waals surface area contributed by atoms with Gasteiger partial charge in [0.2, 0.25) is 0 Å². The Hall–Kier alpha value is -2.38. The third-order valence-corrected chi connectivity index (χ3v) is 5.47.